The van der Waals surface area contributed by atoms with Crippen molar-refractivity contribution in [1.82, 2.24) is 14.1 Å². The van der Waals surface area contributed by atoms with Gasteiger partial charge in [0.1, 0.15) is 5.01 Å². The predicted octanol–water partition coefficient (Wildman–Crippen LogP) is 2.94. The van der Waals surface area contributed by atoms with E-state index < -0.39 is 11.5 Å². The van der Waals surface area contributed by atoms with E-state index in [2.05, 4.69) is 4.98 Å². The van der Waals surface area contributed by atoms with Crippen LogP contribution in [0, 0.1) is 0 Å². The third kappa shape index (κ3) is 3.96. The number of nitrogens with zero attached hydrogens (tertiary/aromatic N) is 3. The van der Waals surface area contributed by atoms with Crippen molar-refractivity contribution >= 4 is 17.3 Å². The number of benzene rings is 1. The van der Waals surface area contributed by atoms with Crippen LogP contribution in [0.15, 0.2) is 51.5 Å². The lowest BCUT2D eigenvalue weighted by atomic mass is 10.2. The van der Waals surface area contributed by atoms with Crippen LogP contribution in [0.4, 0.5) is 0 Å². The summed E-state index contributed by atoms with van der Waals surface area (Å²) in [5.74, 6) is -0.535. The number of thiazole rings is 1. The first-order valence-electron chi connectivity index (χ1n) is 8.95. The molecule has 3 rings (SSSR count). The molecule has 0 aliphatic carbocycles. The molecule has 3 aromatic rings. The van der Waals surface area contributed by atoms with Crippen LogP contribution in [-0.4, -0.2) is 26.7 Å². The molecular weight excluding hydrogens is 378 g/mol. The molecule has 1 aromatic carbocycles. The molecule has 146 valence electrons. The molecule has 0 N–H and O–H groups in total. The second kappa shape index (κ2) is 8.35. The number of carbonyl (C=O) groups excluding carboxylic acids is 1. The van der Waals surface area contributed by atoms with Gasteiger partial charge in [-0.05, 0) is 26.3 Å². The summed E-state index contributed by atoms with van der Waals surface area (Å²) in [7, 11) is 0. The Bertz CT molecular complexity index is 1100. The van der Waals surface area contributed by atoms with E-state index in [0.29, 0.717) is 5.01 Å². The minimum atomic E-state index is -0.535. The molecule has 0 saturated carbocycles. The third-order valence-corrected chi connectivity index (χ3v) is 5.03. The van der Waals surface area contributed by atoms with Gasteiger partial charge in [0.05, 0.1) is 18.7 Å². The second-order valence-corrected chi connectivity index (χ2v) is 7.32. The minimum Gasteiger partial charge on any atom is -0.461 e. The van der Waals surface area contributed by atoms with Gasteiger partial charge in [0.25, 0.3) is 5.56 Å². The number of carbonyl (C=O) groups is 1. The van der Waals surface area contributed by atoms with Gasteiger partial charge in [-0.1, -0.05) is 30.3 Å². The van der Waals surface area contributed by atoms with Crippen molar-refractivity contribution in [3.8, 4) is 10.6 Å². The number of hydrogen-bond acceptors (Lipinski definition) is 6. The molecule has 0 aliphatic rings. The molecule has 0 spiro atoms. The fraction of sp³-hybridized carbons (Fsp3) is 0.300. The van der Waals surface area contributed by atoms with Crippen LogP contribution >= 0.6 is 11.3 Å². The van der Waals surface area contributed by atoms with Crippen molar-refractivity contribution in [2.24, 2.45) is 0 Å². The lowest BCUT2D eigenvalue weighted by Gasteiger charge is -2.15. The van der Waals surface area contributed by atoms with Crippen molar-refractivity contribution < 1.29 is 9.53 Å². The lowest BCUT2D eigenvalue weighted by molar-refractivity contribution is 0.0520. The van der Waals surface area contributed by atoms with Gasteiger partial charge in [-0.15, -0.1) is 11.3 Å². The second-order valence-electron chi connectivity index (χ2n) is 6.46. The quantitative estimate of drug-likeness (QED) is 0.595. The SMILES string of the molecule is CCOC(=O)c1csc(-c2cn(C(C)C)c(=O)n(Cc3ccccc3)c2=O)n1. The first-order chi connectivity index (χ1) is 13.4. The zero-order valence-electron chi connectivity index (χ0n) is 15.9. The van der Waals surface area contributed by atoms with Gasteiger partial charge in [-0.25, -0.2) is 14.6 Å². The highest BCUT2D eigenvalue weighted by Gasteiger charge is 2.19. The van der Waals surface area contributed by atoms with E-state index in [9.17, 15) is 14.4 Å². The molecule has 2 aromatic heterocycles. The van der Waals surface area contributed by atoms with Crippen LogP contribution in [0.5, 0.6) is 0 Å². The summed E-state index contributed by atoms with van der Waals surface area (Å²) in [5, 5.41) is 1.93. The first kappa shape index (κ1) is 19.8. The Morgan fingerprint density at radius 1 is 1.21 bits per heavy atom. The summed E-state index contributed by atoms with van der Waals surface area (Å²) < 4.78 is 7.67. The maximum atomic E-state index is 13.1. The van der Waals surface area contributed by atoms with Crippen molar-refractivity contribution in [2.75, 3.05) is 6.61 Å². The van der Waals surface area contributed by atoms with Crippen LogP contribution in [0.25, 0.3) is 10.6 Å². The van der Waals surface area contributed by atoms with Gasteiger partial charge < -0.3 is 4.74 Å². The first-order valence-corrected chi connectivity index (χ1v) is 9.83. The highest BCUT2D eigenvalue weighted by Crippen LogP contribution is 2.21. The summed E-state index contributed by atoms with van der Waals surface area (Å²) in [6.45, 7) is 5.86. The summed E-state index contributed by atoms with van der Waals surface area (Å²) in [4.78, 5) is 42.1. The van der Waals surface area contributed by atoms with Gasteiger partial charge in [-0.3, -0.25) is 13.9 Å². The van der Waals surface area contributed by atoms with Crippen LogP contribution < -0.4 is 11.2 Å². The molecule has 7 nitrogen and oxygen atoms in total. The number of hydrogen-bond donors (Lipinski definition) is 0. The molecule has 0 bridgehead atoms. The molecule has 8 heteroatoms. The van der Waals surface area contributed by atoms with E-state index in [-0.39, 0.29) is 36.1 Å². The standard InChI is InChI=1S/C20H21N3O4S/c1-4-27-19(25)16-12-28-17(21-16)15-11-22(13(2)3)20(26)23(18(15)24)10-14-8-6-5-7-9-14/h5-9,11-13H,4,10H2,1-3H3. The molecule has 0 saturated heterocycles. The fourth-order valence-corrected chi connectivity index (χ4v) is 3.53. The molecule has 2 heterocycles. The highest BCUT2D eigenvalue weighted by molar-refractivity contribution is 7.13. The Balaban J connectivity index is 2.13. The summed E-state index contributed by atoms with van der Waals surface area (Å²) in [6.07, 6.45) is 1.52. The number of aromatic nitrogens is 3. The fourth-order valence-electron chi connectivity index (χ4n) is 2.74. The van der Waals surface area contributed by atoms with Gasteiger partial charge >= 0.3 is 11.7 Å². The summed E-state index contributed by atoms with van der Waals surface area (Å²) in [6, 6.07) is 9.18. The van der Waals surface area contributed by atoms with Crippen LogP contribution in [0.3, 0.4) is 0 Å². The molecule has 0 unspecified atom stereocenters. The molecule has 0 fully saturated rings. The van der Waals surface area contributed by atoms with E-state index in [1.165, 1.54) is 26.7 Å². The molecule has 28 heavy (non-hydrogen) atoms. The Kier molecular flexibility index (Phi) is 5.89. The average Bonchev–Trinajstić information content (AvgIpc) is 3.16. The normalized spacial score (nSPS) is 11.0. The van der Waals surface area contributed by atoms with Gasteiger partial charge in [0.2, 0.25) is 0 Å². The number of esters is 1. The smallest absolute Gasteiger partial charge is 0.357 e. The summed E-state index contributed by atoms with van der Waals surface area (Å²) in [5.41, 5.74) is 0.466. The minimum absolute atomic E-state index is 0.140. The number of ether oxygens (including phenoxy) is 1. The molecule has 0 amide bonds. The predicted molar refractivity (Wildman–Crippen MR) is 108 cm³/mol. The largest absolute Gasteiger partial charge is 0.461 e. The van der Waals surface area contributed by atoms with E-state index >= 15 is 0 Å². The van der Waals surface area contributed by atoms with E-state index in [1.807, 2.05) is 44.2 Å². The average molecular weight is 399 g/mol. The van der Waals surface area contributed by atoms with Crippen molar-refractivity contribution in [2.45, 2.75) is 33.4 Å². The lowest BCUT2D eigenvalue weighted by Crippen LogP contribution is -2.41. The van der Waals surface area contributed by atoms with Crippen molar-refractivity contribution in [1.29, 1.82) is 0 Å². The molecule has 0 aliphatic heterocycles. The van der Waals surface area contributed by atoms with Crippen molar-refractivity contribution in [3.05, 3.63) is 74.0 Å². The van der Waals surface area contributed by atoms with Gasteiger partial charge in [0.15, 0.2) is 5.69 Å². The number of rotatable bonds is 6. The van der Waals surface area contributed by atoms with Crippen LogP contribution in [0.1, 0.15) is 42.9 Å². The van der Waals surface area contributed by atoms with Crippen LogP contribution in [-0.2, 0) is 11.3 Å². The molecule has 0 radical (unpaired) electrons. The van der Waals surface area contributed by atoms with Crippen molar-refractivity contribution in [3.63, 3.8) is 0 Å². The maximum Gasteiger partial charge on any atom is 0.357 e. The maximum absolute atomic E-state index is 13.1. The van der Waals surface area contributed by atoms with E-state index in [4.69, 9.17) is 4.74 Å². The van der Waals surface area contributed by atoms with E-state index in [0.717, 1.165) is 5.56 Å². The van der Waals surface area contributed by atoms with E-state index in [1.54, 1.807) is 12.3 Å². The Morgan fingerprint density at radius 3 is 2.57 bits per heavy atom. The molecule has 0 atom stereocenters. The Hall–Kier alpha value is -3.00. The molecular formula is C20H21N3O4S. The highest BCUT2D eigenvalue weighted by atomic mass is 32.1. The van der Waals surface area contributed by atoms with Gasteiger partial charge in [0, 0.05) is 17.6 Å². The zero-order chi connectivity index (χ0) is 20.3. The summed E-state index contributed by atoms with van der Waals surface area (Å²) >= 11 is 1.17. The van der Waals surface area contributed by atoms with Gasteiger partial charge in [-0.2, -0.15) is 0 Å². The third-order valence-electron chi connectivity index (χ3n) is 4.15. The zero-order valence-corrected chi connectivity index (χ0v) is 16.7. The monoisotopic (exact) mass is 399 g/mol. The Morgan fingerprint density at radius 2 is 1.93 bits per heavy atom. The topological polar surface area (TPSA) is 83.2 Å². The van der Waals surface area contributed by atoms with Crippen LogP contribution in [0.2, 0.25) is 0 Å². The Labute approximate surface area is 165 Å².